The number of aliphatic hydroxyl groups is 1. The van der Waals surface area contributed by atoms with Crippen LogP contribution in [0.4, 0.5) is 5.69 Å². The zero-order valence-corrected chi connectivity index (χ0v) is 18.7. The van der Waals surface area contributed by atoms with Gasteiger partial charge in [-0.1, -0.05) is 29.3 Å². The van der Waals surface area contributed by atoms with E-state index in [1.807, 2.05) is 0 Å². The van der Waals surface area contributed by atoms with E-state index in [0.29, 0.717) is 27.7 Å². The van der Waals surface area contributed by atoms with Crippen molar-refractivity contribution in [1.82, 2.24) is 4.98 Å². The Morgan fingerprint density at radius 3 is 2.53 bits per heavy atom. The molecule has 1 aliphatic heterocycles. The zero-order valence-electron chi connectivity index (χ0n) is 17.2. The summed E-state index contributed by atoms with van der Waals surface area (Å²) in [6.45, 7) is 1.79. The number of carbonyl (C=O) groups is 2. The molecule has 0 saturated carbocycles. The fourth-order valence-corrected chi connectivity index (χ4v) is 4.18. The van der Waals surface area contributed by atoms with E-state index in [-0.39, 0.29) is 16.2 Å². The number of aromatic nitrogens is 1. The van der Waals surface area contributed by atoms with Crippen LogP contribution >= 0.6 is 23.2 Å². The lowest BCUT2D eigenvalue weighted by Gasteiger charge is -2.26. The molecule has 0 spiro atoms. The van der Waals surface area contributed by atoms with Gasteiger partial charge in [0.1, 0.15) is 17.6 Å². The Bertz CT molecular complexity index is 1260. The summed E-state index contributed by atoms with van der Waals surface area (Å²) in [7, 11) is 1.48. The summed E-state index contributed by atoms with van der Waals surface area (Å²) in [6.07, 6.45) is 1.56. The van der Waals surface area contributed by atoms with Crippen LogP contribution in [0.3, 0.4) is 0 Å². The molecule has 4 rings (SSSR count). The first kappa shape index (κ1) is 21.9. The molecule has 6 nitrogen and oxygen atoms in total. The van der Waals surface area contributed by atoms with Crippen LogP contribution in [0.25, 0.3) is 5.76 Å². The van der Waals surface area contributed by atoms with E-state index in [0.717, 1.165) is 0 Å². The van der Waals surface area contributed by atoms with Gasteiger partial charge in [-0.15, -0.1) is 0 Å². The molecule has 8 heteroatoms. The number of ether oxygens (including phenoxy) is 1. The molecule has 1 amide bonds. The molecule has 0 bridgehead atoms. The number of methoxy groups -OCH3 is 1. The Hall–Kier alpha value is -3.35. The van der Waals surface area contributed by atoms with Gasteiger partial charge in [-0.2, -0.15) is 0 Å². The van der Waals surface area contributed by atoms with E-state index in [9.17, 15) is 14.7 Å². The molecular formula is C24H18Cl2N2O4. The summed E-state index contributed by atoms with van der Waals surface area (Å²) in [4.78, 5) is 32.1. The van der Waals surface area contributed by atoms with Crippen LogP contribution in [0.1, 0.15) is 22.9 Å². The summed E-state index contributed by atoms with van der Waals surface area (Å²) < 4.78 is 5.22. The summed E-state index contributed by atoms with van der Waals surface area (Å²) in [5.74, 6) is -1.59. The number of hydrogen-bond acceptors (Lipinski definition) is 5. The van der Waals surface area contributed by atoms with Crippen molar-refractivity contribution in [1.29, 1.82) is 0 Å². The number of halogens is 2. The number of Topliss-reactive ketones (excluding diaryl/α,β-unsaturated/α-hetero) is 1. The van der Waals surface area contributed by atoms with E-state index in [1.54, 1.807) is 61.7 Å². The number of aliphatic hydroxyl groups excluding tert-OH is 1. The first-order valence-electron chi connectivity index (χ1n) is 9.65. The minimum atomic E-state index is -0.960. The second-order valence-corrected chi connectivity index (χ2v) is 8.04. The molecule has 1 aliphatic rings. The number of ketones is 1. The maximum Gasteiger partial charge on any atom is 0.300 e. The van der Waals surface area contributed by atoms with E-state index >= 15 is 0 Å². The van der Waals surface area contributed by atoms with Crippen LogP contribution in [-0.4, -0.2) is 28.9 Å². The van der Waals surface area contributed by atoms with Gasteiger partial charge in [0, 0.05) is 22.5 Å². The van der Waals surface area contributed by atoms with Crippen molar-refractivity contribution in [3.8, 4) is 5.75 Å². The van der Waals surface area contributed by atoms with Gasteiger partial charge in [-0.05, 0) is 61.0 Å². The number of benzene rings is 2. The van der Waals surface area contributed by atoms with Gasteiger partial charge in [0.2, 0.25) is 0 Å². The molecule has 2 heterocycles. The van der Waals surface area contributed by atoms with Gasteiger partial charge in [-0.3, -0.25) is 19.5 Å². The molecule has 32 heavy (non-hydrogen) atoms. The first-order chi connectivity index (χ1) is 15.3. The molecule has 1 atom stereocenters. The number of carbonyl (C=O) groups excluding carboxylic acids is 2. The maximum atomic E-state index is 13.2. The van der Waals surface area contributed by atoms with Crippen molar-refractivity contribution < 1.29 is 19.4 Å². The second kappa shape index (κ2) is 8.65. The molecule has 1 unspecified atom stereocenters. The van der Waals surface area contributed by atoms with Crippen molar-refractivity contribution in [3.63, 3.8) is 0 Å². The van der Waals surface area contributed by atoms with Crippen molar-refractivity contribution in [3.05, 3.63) is 93.2 Å². The van der Waals surface area contributed by atoms with Crippen molar-refractivity contribution in [2.24, 2.45) is 0 Å². The molecule has 0 aliphatic carbocycles. The Labute approximate surface area is 194 Å². The van der Waals surface area contributed by atoms with Gasteiger partial charge < -0.3 is 9.84 Å². The molecule has 162 valence electrons. The second-order valence-electron chi connectivity index (χ2n) is 7.20. The molecule has 0 radical (unpaired) electrons. The van der Waals surface area contributed by atoms with E-state index in [2.05, 4.69) is 4.98 Å². The highest BCUT2D eigenvalue weighted by molar-refractivity contribution is 6.52. The number of nitrogens with zero attached hydrogens (tertiary/aromatic N) is 2. The lowest BCUT2D eigenvalue weighted by atomic mass is 9.97. The van der Waals surface area contributed by atoms with Crippen LogP contribution < -0.4 is 9.64 Å². The third-order valence-electron chi connectivity index (χ3n) is 5.26. The number of anilines is 1. The van der Waals surface area contributed by atoms with E-state index < -0.39 is 23.5 Å². The largest absolute Gasteiger partial charge is 0.507 e. The smallest absolute Gasteiger partial charge is 0.300 e. The molecule has 1 saturated heterocycles. The Morgan fingerprint density at radius 2 is 1.88 bits per heavy atom. The average molecular weight is 469 g/mol. The average Bonchev–Trinajstić information content (AvgIpc) is 3.05. The molecule has 3 aromatic rings. The van der Waals surface area contributed by atoms with Crippen LogP contribution in [-0.2, 0) is 9.59 Å². The van der Waals surface area contributed by atoms with Crippen molar-refractivity contribution >= 4 is 46.3 Å². The van der Waals surface area contributed by atoms with Crippen LogP contribution in [0.15, 0.2) is 66.4 Å². The highest BCUT2D eigenvalue weighted by atomic mass is 35.5. The number of aryl methyl sites for hydroxylation is 1. The first-order valence-corrected chi connectivity index (χ1v) is 10.4. The Kier molecular flexibility index (Phi) is 5.91. The van der Waals surface area contributed by atoms with Gasteiger partial charge in [0.25, 0.3) is 11.7 Å². The van der Waals surface area contributed by atoms with Crippen LogP contribution in [0, 0.1) is 6.92 Å². The van der Waals surface area contributed by atoms with Crippen molar-refractivity contribution in [2.75, 3.05) is 12.0 Å². The fourth-order valence-electron chi connectivity index (χ4n) is 3.75. The minimum absolute atomic E-state index is 0.113. The topological polar surface area (TPSA) is 79.7 Å². The number of rotatable bonds is 4. The van der Waals surface area contributed by atoms with Gasteiger partial charge in [-0.25, -0.2) is 0 Å². The summed E-state index contributed by atoms with van der Waals surface area (Å²) in [6, 6.07) is 13.9. The van der Waals surface area contributed by atoms with E-state index in [1.165, 1.54) is 18.1 Å². The Balaban J connectivity index is 1.99. The summed E-state index contributed by atoms with van der Waals surface area (Å²) >= 11 is 12.4. The monoisotopic (exact) mass is 468 g/mol. The van der Waals surface area contributed by atoms with E-state index in [4.69, 9.17) is 27.9 Å². The molecule has 1 N–H and O–H groups in total. The molecule has 1 fully saturated rings. The zero-order chi connectivity index (χ0) is 23.0. The third kappa shape index (κ3) is 3.72. The minimum Gasteiger partial charge on any atom is -0.507 e. The van der Waals surface area contributed by atoms with Gasteiger partial charge >= 0.3 is 0 Å². The summed E-state index contributed by atoms with van der Waals surface area (Å²) in [5, 5.41) is 11.9. The number of pyridine rings is 1. The standard InChI is InChI=1S/C24H18Cl2N2O4/c1-13-11-14(25)6-9-19(13)28-21(18-5-3-4-10-27-18)20(23(30)24(28)31)22(29)16-12-15(32-2)7-8-17(16)26/h3-12,21,29H,1-2H3/b22-20+. The molecule has 2 aromatic carbocycles. The highest BCUT2D eigenvalue weighted by Crippen LogP contribution is 2.43. The maximum absolute atomic E-state index is 13.2. The van der Waals surface area contributed by atoms with Gasteiger partial charge in [0.05, 0.1) is 23.4 Å². The molecular weight excluding hydrogens is 451 g/mol. The lowest BCUT2D eigenvalue weighted by molar-refractivity contribution is -0.132. The number of amides is 1. The fraction of sp³-hybridized carbons (Fsp3) is 0.125. The van der Waals surface area contributed by atoms with Crippen LogP contribution in [0.5, 0.6) is 5.75 Å². The normalized spacial score (nSPS) is 17.6. The Morgan fingerprint density at radius 1 is 1.09 bits per heavy atom. The van der Waals surface area contributed by atoms with Crippen LogP contribution in [0.2, 0.25) is 10.0 Å². The van der Waals surface area contributed by atoms with Gasteiger partial charge in [0.15, 0.2) is 0 Å². The number of hydrogen-bond donors (Lipinski definition) is 1. The lowest BCUT2D eigenvalue weighted by Crippen LogP contribution is -2.30. The predicted octanol–water partition coefficient (Wildman–Crippen LogP) is 5.33. The van der Waals surface area contributed by atoms with Crippen molar-refractivity contribution in [2.45, 2.75) is 13.0 Å². The molecule has 1 aromatic heterocycles. The third-order valence-corrected chi connectivity index (χ3v) is 5.82. The quantitative estimate of drug-likeness (QED) is 0.317. The summed E-state index contributed by atoms with van der Waals surface area (Å²) in [5.41, 5.74) is 1.67. The SMILES string of the molecule is COc1ccc(Cl)c(/C(O)=C2\C(=O)C(=O)N(c3ccc(Cl)cc3C)C2c2ccccn2)c1. The predicted molar refractivity (Wildman–Crippen MR) is 123 cm³/mol. The highest BCUT2D eigenvalue weighted by Gasteiger charge is 2.48.